The van der Waals surface area contributed by atoms with E-state index in [1.165, 1.54) is 138 Å². The van der Waals surface area contributed by atoms with Gasteiger partial charge < -0.3 is 0 Å². The fourth-order valence-corrected chi connectivity index (χ4v) is 12.3. The SMILES string of the molecule is O=C(c1cnc(N(C2CCCCC2)C2CCCCC2)[se]1)c1ncc(N(C2CCCCC2)C2CCCCC2)[se]1. The van der Waals surface area contributed by atoms with Gasteiger partial charge in [-0.2, -0.15) is 0 Å². The number of anilines is 2. The maximum atomic E-state index is 13.8. The number of carbonyl (C=O) groups excluding carboxylic acids is 1. The van der Waals surface area contributed by atoms with E-state index in [9.17, 15) is 4.79 Å². The van der Waals surface area contributed by atoms with Gasteiger partial charge in [0, 0.05) is 0 Å². The molecule has 4 saturated carbocycles. The van der Waals surface area contributed by atoms with Gasteiger partial charge in [0.05, 0.1) is 0 Å². The summed E-state index contributed by atoms with van der Waals surface area (Å²) in [5.74, 6) is 0.203. The molecule has 2 aromatic rings. The third kappa shape index (κ3) is 6.22. The Hall–Kier alpha value is -0.871. The van der Waals surface area contributed by atoms with Crippen LogP contribution in [0.4, 0.5) is 9.25 Å². The Kier molecular flexibility index (Phi) is 9.48. The molecule has 4 aliphatic rings. The molecule has 0 aromatic carbocycles. The molecule has 2 aromatic heterocycles. The zero-order valence-electron chi connectivity index (χ0n) is 23.1. The van der Waals surface area contributed by atoms with Gasteiger partial charge in [0.1, 0.15) is 0 Å². The molecule has 0 N–H and O–H groups in total. The Morgan fingerprint density at radius 1 is 0.579 bits per heavy atom. The molecule has 0 aliphatic heterocycles. The Labute approximate surface area is 241 Å². The molecule has 208 valence electrons. The molecular formula is C31H46N4OSe2. The topological polar surface area (TPSA) is 49.3 Å². The van der Waals surface area contributed by atoms with Gasteiger partial charge in [-0.3, -0.25) is 0 Å². The molecule has 0 spiro atoms. The number of ketones is 1. The van der Waals surface area contributed by atoms with Crippen LogP contribution in [0.2, 0.25) is 0 Å². The standard InChI is InChI=1S/C31H46N4OSe2/c36-29(27-21-33-31(37-27)35(25-17-9-3-10-18-25)26-19-11-4-12-20-26)30-32-22-28(38-30)34(23-13-5-1-6-14-23)24-15-7-2-8-16-24/h21-26H,1-20H2. The van der Waals surface area contributed by atoms with Gasteiger partial charge in [-0.15, -0.1) is 0 Å². The molecule has 0 bridgehead atoms. The summed E-state index contributed by atoms with van der Waals surface area (Å²) in [5.41, 5.74) is 0. The summed E-state index contributed by atoms with van der Waals surface area (Å²) < 4.78 is 4.40. The molecule has 0 amide bonds. The number of carbonyl (C=O) groups is 1. The zero-order chi connectivity index (χ0) is 25.7. The third-order valence-corrected chi connectivity index (χ3v) is 14.0. The first-order valence-corrected chi connectivity index (χ1v) is 19.2. The van der Waals surface area contributed by atoms with Crippen molar-refractivity contribution in [1.29, 1.82) is 0 Å². The Bertz CT molecular complexity index is 910. The van der Waals surface area contributed by atoms with E-state index in [-0.39, 0.29) is 34.8 Å². The van der Waals surface area contributed by atoms with E-state index in [0.29, 0.717) is 24.2 Å². The van der Waals surface area contributed by atoms with Crippen LogP contribution in [0.25, 0.3) is 0 Å². The van der Waals surface area contributed by atoms with Crippen molar-refractivity contribution in [3.63, 3.8) is 0 Å². The van der Waals surface area contributed by atoms with Crippen LogP contribution >= 0.6 is 0 Å². The van der Waals surface area contributed by atoms with Gasteiger partial charge in [0.25, 0.3) is 0 Å². The van der Waals surface area contributed by atoms with Crippen LogP contribution in [0.15, 0.2) is 12.4 Å². The molecule has 0 atom stereocenters. The van der Waals surface area contributed by atoms with Crippen molar-refractivity contribution in [1.82, 2.24) is 9.97 Å². The van der Waals surface area contributed by atoms with E-state index < -0.39 is 0 Å². The molecule has 6 rings (SSSR count). The summed E-state index contributed by atoms with van der Waals surface area (Å²) in [5, 5.41) is 0. The van der Waals surface area contributed by atoms with E-state index in [4.69, 9.17) is 9.97 Å². The van der Waals surface area contributed by atoms with Crippen LogP contribution in [0, 0.1) is 0 Å². The summed E-state index contributed by atoms with van der Waals surface area (Å²) in [4.78, 5) is 29.1. The molecule has 38 heavy (non-hydrogen) atoms. The first kappa shape index (κ1) is 27.3. The van der Waals surface area contributed by atoms with E-state index in [1.807, 2.05) is 6.20 Å². The normalized spacial score (nSPS) is 22.9. The van der Waals surface area contributed by atoms with Gasteiger partial charge in [-0.1, -0.05) is 0 Å². The number of nitrogens with zero attached hydrogens (tertiary/aromatic N) is 4. The van der Waals surface area contributed by atoms with Crippen LogP contribution in [0.1, 0.15) is 142 Å². The molecule has 5 nitrogen and oxygen atoms in total. The molecule has 4 fully saturated rings. The van der Waals surface area contributed by atoms with Crippen molar-refractivity contribution in [2.24, 2.45) is 0 Å². The van der Waals surface area contributed by atoms with E-state index >= 15 is 0 Å². The Morgan fingerprint density at radius 2 is 1.03 bits per heavy atom. The predicted octanol–water partition coefficient (Wildman–Crippen LogP) is 6.77. The second-order valence-corrected chi connectivity index (χ2v) is 16.6. The maximum absolute atomic E-state index is 13.8. The van der Waals surface area contributed by atoms with Crippen molar-refractivity contribution < 1.29 is 4.79 Å². The summed E-state index contributed by atoms with van der Waals surface area (Å²) in [6.45, 7) is 0. The van der Waals surface area contributed by atoms with Gasteiger partial charge in [-0.25, -0.2) is 0 Å². The van der Waals surface area contributed by atoms with Crippen molar-refractivity contribution in [3.05, 3.63) is 21.4 Å². The molecule has 7 heteroatoms. The summed E-state index contributed by atoms with van der Waals surface area (Å²) in [7, 11) is 0. The summed E-state index contributed by atoms with van der Waals surface area (Å²) in [6.07, 6.45) is 30.8. The number of aromatic nitrogens is 2. The van der Waals surface area contributed by atoms with E-state index in [1.54, 1.807) is 0 Å². The van der Waals surface area contributed by atoms with Crippen molar-refractivity contribution in [2.75, 3.05) is 9.80 Å². The van der Waals surface area contributed by atoms with Crippen molar-refractivity contribution >= 4 is 44.0 Å². The molecule has 0 unspecified atom stereocenters. The van der Waals surface area contributed by atoms with Gasteiger partial charge in [0.2, 0.25) is 0 Å². The van der Waals surface area contributed by atoms with Crippen LogP contribution in [-0.4, -0.2) is 68.9 Å². The summed E-state index contributed by atoms with van der Waals surface area (Å²) >= 11 is 0.0395. The molecule has 0 saturated heterocycles. The number of hydrogen-bond acceptors (Lipinski definition) is 5. The summed E-state index contributed by atoms with van der Waals surface area (Å²) in [6, 6.07) is 2.59. The Balaban J connectivity index is 1.22. The van der Waals surface area contributed by atoms with Crippen molar-refractivity contribution in [3.8, 4) is 0 Å². The molecule has 4 aliphatic carbocycles. The average molecular weight is 649 g/mol. The number of hydrogen-bond donors (Lipinski definition) is 0. The van der Waals surface area contributed by atoms with Gasteiger partial charge in [-0.05, 0) is 0 Å². The first-order valence-electron chi connectivity index (χ1n) is 15.8. The molecule has 0 radical (unpaired) electrons. The zero-order valence-corrected chi connectivity index (χ0v) is 26.5. The number of rotatable bonds is 8. The van der Waals surface area contributed by atoms with Crippen LogP contribution in [0.3, 0.4) is 0 Å². The fourth-order valence-electron chi connectivity index (χ4n) is 7.79. The minimum absolute atomic E-state index is 0.0136. The fraction of sp³-hybridized carbons (Fsp3) is 0.774. The minimum atomic E-state index is 0.0136. The monoisotopic (exact) mass is 650 g/mol. The van der Waals surface area contributed by atoms with Gasteiger partial charge >= 0.3 is 243 Å². The molecular weight excluding hydrogens is 602 g/mol. The molecule has 2 heterocycles. The first-order chi connectivity index (χ1) is 18.8. The van der Waals surface area contributed by atoms with Crippen LogP contribution in [0.5, 0.6) is 0 Å². The average Bonchev–Trinajstić information content (AvgIpc) is 3.66. The predicted molar refractivity (Wildman–Crippen MR) is 158 cm³/mol. The van der Waals surface area contributed by atoms with Crippen LogP contribution < -0.4 is 9.80 Å². The quantitative estimate of drug-likeness (QED) is 0.234. The van der Waals surface area contributed by atoms with Gasteiger partial charge in [0.15, 0.2) is 0 Å². The second kappa shape index (κ2) is 13.2. The third-order valence-electron chi connectivity index (χ3n) is 9.75. The second-order valence-electron chi connectivity index (χ2n) is 12.3. The Morgan fingerprint density at radius 3 is 1.50 bits per heavy atom. The van der Waals surface area contributed by atoms with E-state index in [0.717, 1.165) is 9.01 Å². The van der Waals surface area contributed by atoms with E-state index in [2.05, 4.69) is 16.0 Å². The van der Waals surface area contributed by atoms with Crippen molar-refractivity contribution in [2.45, 2.75) is 153 Å². The van der Waals surface area contributed by atoms with Crippen LogP contribution in [-0.2, 0) is 0 Å².